The van der Waals surface area contributed by atoms with E-state index in [4.69, 9.17) is 11.5 Å². The van der Waals surface area contributed by atoms with Gasteiger partial charge in [-0.3, -0.25) is 14.6 Å². The predicted octanol–water partition coefficient (Wildman–Crippen LogP) is 1.44. The van der Waals surface area contributed by atoms with Crippen molar-refractivity contribution in [2.75, 3.05) is 77.9 Å². The number of benzene rings is 2. The third-order valence-electron chi connectivity index (χ3n) is 7.37. The van der Waals surface area contributed by atoms with Gasteiger partial charge in [0.15, 0.2) is 5.78 Å². The van der Waals surface area contributed by atoms with Crippen LogP contribution >= 0.6 is 0 Å². The van der Waals surface area contributed by atoms with Crippen LogP contribution in [0.2, 0.25) is 0 Å². The van der Waals surface area contributed by atoms with Crippen LogP contribution < -0.4 is 11.5 Å². The number of Topliss-reactive ketones (excluding diaryl/α,β-unsaturated/α-hetero) is 1. The van der Waals surface area contributed by atoms with E-state index in [-0.39, 0.29) is 12.1 Å². The van der Waals surface area contributed by atoms with E-state index in [2.05, 4.69) is 45.8 Å². The minimum Gasteiger partial charge on any atom is -0.399 e. The first kappa shape index (κ1) is 24.7. The molecule has 2 heterocycles. The van der Waals surface area contributed by atoms with Crippen LogP contribution in [-0.2, 0) is 17.6 Å². The van der Waals surface area contributed by atoms with Crippen LogP contribution in [0.25, 0.3) is 0 Å². The third kappa shape index (κ3) is 6.36. The number of rotatable bonds is 8. The fourth-order valence-corrected chi connectivity index (χ4v) is 5.20. The van der Waals surface area contributed by atoms with E-state index in [0.717, 1.165) is 74.9 Å². The molecule has 7 nitrogen and oxygen atoms in total. The lowest BCUT2D eigenvalue weighted by molar-refractivity contribution is -0.131. The minimum absolute atomic E-state index is 0.166. The number of nitrogens with zero attached hydrogens (tertiary/aromatic N) is 4. The van der Waals surface area contributed by atoms with Gasteiger partial charge in [-0.15, -0.1) is 0 Å². The maximum atomic E-state index is 14.4. The monoisotopic (exact) mass is 464 g/mol. The summed E-state index contributed by atoms with van der Waals surface area (Å²) in [5, 5.41) is 0. The molecule has 2 atom stereocenters. The van der Waals surface area contributed by atoms with Gasteiger partial charge in [0.05, 0.1) is 12.1 Å². The van der Waals surface area contributed by atoms with E-state index in [1.807, 2.05) is 36.4 Å². The van der Waals surface area contributed by atoms with Crippen molar-refractivity contribution in [3.8, 4) is 0 Å². The Morgan fingerprint density at radius 2 is 1.09 bits per heavy atom. The van der Waals surface area contributed by atoms with E-state index in [1.165, 1.54) is 0 Å². The van der Waals surface area contributed by atoms with Gasteiger partial charge < -0.3 is 21.3 Å². The molecule has 4 N–H and O–H groups in total. The highest BCUT2D eigenvalue weighted by molar-refractivity contribution is 5.89. The summed E-state index contributed by atoms with van der Waals surface area (Å²) in [7, 11) is 4.30. The summed E-state index contributed by atoms with van der Waals surface area (Å²) < 4.78 is 0. The van der Waals surface area contributed by atoms with Crippen LogP contribution in [0.3, 0.4) is 0 Å². The van der Waals surface area contributed by atoms with Crippen molar-refractivity contribution in [2.24, 2.45) is 0 Å². The van der Waals surface area contributed by atoms with Crippen molar-refractivity contribution in [1.82, 2.24) is 19.6 Å². The molecule has 7 heteroatoms. The zero-order chi connectivity index (χ0) is 24.1. The fraction of sp³-hybridized carbons (Fsp3) is 0.519. The number of carbonyl (C=O) groups is 1. The summed E-state index contributed by atoms with van der Waals surface area (Å²) in [5.74, 6) is 0.318. The largest absolute Gasteiger partial charge is 0.399 e. The van der Waals surface area contributed by atoms with Gasteiger partial charge >= 0.3 is 0 Å². The van der Waals surface area contributed by atoms with Crippen molar-refractivity contribution in [2.45, 2.75) is 24.9 Å². The lowest BCUT2D eigenvalue weighted by Gasteiger charge is -2.42. The van der Waals surface area contributed by atoms with Gasteiger partial charge in [0.1, 0.15) is 0 Å². The number of ketones is 1. The summed E-state index contributed by atoms with van der Waals surface area (Å²) in [4.78, 5) is 23.9. The Kier molecular flexibility index (Phi) is 8.21. The first-order valence-electron chi connectivity index (χ1n) is 12.5. The second-order valence-corrected chi connectivity index (χ2v) is 10.0. The first-order chi connectivity index (χ1) is 16.4. The van der Waals surface area contributed by atoms with Crippen molar-refractivity contribution in [3.63, 3.8) is 0 Å². The molecule has 0 amide bonds. The van der Waals surface area contributed by atoms with Crippen LogP contribution in [0.1, 0.15) is 11.1 Å². The molecule has 34 heavy (non-hydrogen) atoms. The van der Waals surface area contributed by atoms with Crippen LogP contribution in [-0.4, -0.2) is 104 Å². The normalized spacial score (nSPS) is 20.8. The molecule has 2 aromatic carbocycles. The number of anilines is 2. The molecule has 0 bridgehead atoms. The second-order valence-electron chi connectivity index (χ2n) is 10.0. The molecule has 0 radical (unpaired) electrons. The third-order valence-corrected chi connectivity index (χ3v) is 7.37. The molecular formula is C27H40N6O. The van der Waals surface area contributed by atoms with E-state index >= 15 is 0 Å². The quantitative estimate of drug-likeness (QED) is 0.572. The van der Waals surface area contributed by atoms with Gasteiger partial charge in [-0.05, 0) is 62.3 Å². The number of hydrogen-bond donors (Lipinski definition) is 2. The Labute approximate surface area is 204 Å². The van der Waals surface area contributed by atoms with Gasteiger partial charge in [-0.1, -0.05) is 24.3 Å². The number of piperazine rings is 2. The van der Waals surface area contributed by atoms with Gasteiger partial charge in [-0.2, -0.15) is 0 Å². The number of carbonyl (C=O) groups excluding carboxylic acids is 1. The highest BCUT2D eigenvalue weighted by Crippen LogP contribution is 2.21. The zero-order valence-electron chi connectivity index (χ0n) is 20.7. The van der Waals surface area contributed by atoms with Crippen LogP contribution in [0.4, 0.5) is 11.4 Å². The van der Waals surface area contributed by atoms with Crippen LogP contribution in [0.5, 0.6) is 0 Å². The second kappa shape index (κ2) is 11.3. The molecule has 2 aliphatic heterocycles. The fourth-order valence-electron chi connectivity index (χ4n) is 5.20. The standard InChI is InChI=1S/C27H40N6O/c1-30-9-13-32(14-10-30)25(19-21-5-3-7-23(28)17-21)27(34)26(33-15-11-31(2)12-16-33)20-22-6-4-8-24(29)18-22/h3-8,17-18,25-26H,9-16,19-20,28-29H2,1-2H3. The molecular weight excluding hydrogens is 424 g/mol. The molecule has 0 aliphatic carbocycles. The Balaban J connectivity index is 1.62. The minimum atomic E-state index is -0.166. The van der Waals surface area contributed by atoms with Crippen molar-refractivity contribution < 1.29 is 4.79 Å². The Hall–Kier alpha value is -2.45. The lowest BCUT2D eigenvalue weighted by atomic mass is 9.91. The van der Waals surface area contributed by atoms with Crippen molar-refractivity contribution in [1.29, 1.82) is 0 Å². The SMILES string of the molecule is CN1CCN(C(Cc2cccc(N)c2)C(=O)C(Cc2cccc(N)c2)N2CCN(C)CC2)CC1. The van der Waals surface area contributed by atoms with E-state index in [0.29, 0.717) is 18.6 Å². The number of likely N-dealkylation sites (N-methyl/N-ethyl adjacent to an activating group) is 2. The maximum Gasteiger partial charge on any atom is 0.167 e. The predicted molar refractivity (Wildman–Crippen MR) is 140 cm³/mol. The van der Waals surface area contributed by atoms with Crippen LogP contribution in [0.15, 0.2) is 48.5 Å². The summed E-state index contributed by atoms with van der Waals surface area (Å²) >= 11 is 0. The Morgan fingerprint density at radius 1 is 0.706 bits per heavy atom. The topological polar surface area (TPSA) is 82.1 Å². The van der Waals surface area contributed by atoms with E-state index in [1.54, 1.807) is 0 Å². The molecule has 0 spiro atoms. The Bertz CT molecular complexity index is 874. The first-order valence-corrected chi connectivity index (χ1v) is 12.5. The highest BCUT2D eigenvalue weighted by Gasteiger charge is 2.36. The molecule has 2 aromatic rings. The number of nitrogens with two attached hydrogens (primary N) is 2. The van der Waals surface area contributed by atoms with Crippen molar-refractivity contribution in [3.05, 3.63) is 59.7 Å². The average Bonchev–Trinajstić information content (AvgIpc) is 2.82. The van der Waals surface area contributed by atoms with Gasteiger partial charge in [-0.25, -0.2) is 0 Å². The highest BCUT2D eigenvalue weighted by atomic mass is 16.1. The average molecular weight is 465 g/mol. The molecule has 0 aromatic heterocycles. The van der Waals surface area contributed by atoms with Gasteiger partial charge in [0.2, 0.25) is 0 Å². The van der Waals surface area contributed by atoms with E-state index < -0.39 is 0 Å². The number of hydrogen-bond acceptors (Lipinski definition) is 7. The molecule has 2 saturated heterocycles. The summed E-state index contributed by atoms with van der Waals surface area (Å²) in [6.45, 7) is 7.55. The van der Waals surface area contributed by atoms with Crippen molar-refractivity contribution >= 4 is 17.2 Å². The van der Waals surface area contributed by atoms with E-state index in [9.17, 15) is 4.79 Å². The molecule has 2 aliphatic rings. The zero-order valence-corrected chi connectivity index (χ0v) is 20.7. The lowest BCUT2D eigenvalue weighted by Crippen LogP contribution is -2.59. The Morgan fingerprint density at radius 3 is 1.44 bits per heavy atom. The molecule has 0 saturated carbocycles. The summed E-state index contributed by atoms with van der Waals surface area (Å²) in [6.07, 6.45) is 1.38. The molecule has 184 valence electrons. The summed E-state index contributed by atoms with van der Waals surface area (Å²) in [6, 6.07) is 15.7. The van der Waals surface area contributed by atoms with Crippen LogP contribution in [0, 0.1) is 0 Å². The van der Waals surface area contributed by atoms with Gasteiger partial charge in [0, 0.05) is 63.7 Å². The number of nitrogen functional groups attached to an aromatic ring is 2. The molecule has 2 unspecified atom stereocenters. The van der Waals surface area contributed by atoms with Gasteiger partial charge in [0.25, 0.3) is 0 Å². The molecule has 2 fully saturated rings. The molecule has 4 rings (SSSR count). The summed E-state index contributed by atoms with van der Waals surface area (Å²) in [5.41, 5.74) is 15.9. The maximum absolute atomic E-state index is 14.4. The smallest absolute Gasteiger partial charge is 0.167 e.